The van der Waals surface area contributed by atoms with Crippen LogP contribution in [0.4, 0.5) is 5.69 Å². The lowest BCUT2D eigenvalue weighted by Crippen LogP contribution is -2.54. The Morgan fingerprint density at radius 1 is 1.06 bits per heavy atom. The molecule has 0 unspecified atom stereocenters. The summed E-state index contributed by atoms with van der Waals surface area (Å²) in [5.74, 6) is -1.52. The zero-order chi connectivity index (χ0) is 24.6. The third-order valence-electron chi connectivity index (χ3n) is 5.48. The summed E-state index contributed by atoms with van der Waals surface area (Å²) in [6, 6.07) is 15.5. The molecule has 1 fully saturated rings. The SMILES string of the molecule is COC(=O)c1ccc(-n2c(C)cc(/C=C3\C(=O)NC(=S)N(c4cccc(Cl)c4)C3=O)c2C)cc1. The van der Waals surface area contributed by atoms with E-state index in [1.165, 1.54) is 12.0 Å². The highest BCUT2D eigenvalue weighted by molar-refractivity contribution is 7.80. The van der Waals surface area contributed by atoms with Crippen molar-refractivity contribution >= 4 is 58.5 Å². The Kier molecular flexibility index (Phi) is 6.37. The number of hydrogen-bond acceptors (Lipinski definition) is 5. The summed E-state index contributed by atoms with van der Waals surface area (Å²) < 4.78 is 6.72. The summed E-state index contributed by atoms with van der Waals surface area (Å²) in [6.45, 7) is 3.80. The van der Waals surface area contributed by atoms with Gasteiger partial charge < -0.3 is 9.30 Å². The fourth-order valence-electron chi connectivity index (χ4n) is 3.86. The van der Waals surface area contributed by atoms with Gasteiger partial charge in [-0.05, 0) is 86.2 Å². The average molecular weight is 494 g/mol. The Morgan fingerprint density at radius 3 is 2.41 bits per heavy atom. The van der Waals surface area contributed by atoms with Crippen LogP contribution in [0.5, 0.6) is 0 Å². The number of nitrogens with zero attached hydrogens (tertiary/aromatic N) is 2. The van der Waals surface area contributed by atoms with E-state index < -0.39 is 17.8 Å². The maximum atomic E-state index is 13.3. The minimum absolute atomic E-state index is 0.00872. The van der Waals surface area contributed by atoms with Crippen molar-refractivity contribution < 1.29 is 19.1 Å². The molecule has 0 atom stereocenters. The first kappa shape index (κ1) is 23.4. The number of esters is 1. The van der Waals surface area contributed by atoms with Crippen LogP contribution in [-0.2, 0) is 14.3 Å². The summed E-state index contributed by atoms with van der Waals surface area (Å²) in [4.78, 5) is 38.9. The van der Waals surface area contributed by atoms with E-state index in [4.69, 9.17) is 28.6 Å². The second-order valence-electron chi connectivity index (χ2n) is 7.64. The second-order valence-corrected chi connectivity index (χ2v) is 8.46. The minimum Gasteiger partial charge on any atom is -0.465 e. The number of methoxy groups -OCH3 is 1. The van der Waals surface area contributed by atoms with Gasteiger partial charge in [-0.15, -0.1) is 0 Å². The fraction of sp³-hybridized carbons (Fsp3) is 0.120. The number of thiocarbonyl (C=S) groups is 1. The molecule has 2 heterocycles. The number of hydrogen-bond donors (Lipinski definition) is 1. The van der Waals surface area contributed by atoms with E-state index in [9.17, 15) is 14.4 Å². The van der Waals surface area contributed by atoms with Gasteiger partial charge in [0.25, 0.3) is 11.8 Å². The lowest BCUT2D eigenvalue weighted by atomic mass is 10.1. The first-order valence-corrected chi connectivity index (χ1v) is 11.0. The van der Waals surface area contributed by atoms with Crippen LogP contribution in [0.15, 0.2) is 60.2 Å². The van der Waals surface area contributed by atoms with Crippen molar-refractivity contribution in [1.82, 2.24) is 9.88 Å². The zero-order valence-corrected chi connectivity index (χ0v) is 20.2. The Hall–Kier alpha value is -3.75. The predicted octanol–water partition coefficient (Wildman–Crippen LogP) is 4.37. The van der Waals surface area contributed by atoms with Gasteiger partial charge in [0, 0.05) is 22.1 Å². The molecular formula is C25H20ClN3O4S. The molecule has 1 aromatic heterocycles. The maximum Gasteiger partial charge on any atom is 0.337 e. The molecule has 0 bridgehead atoms. The van der Waals surface area contributed by atoms with Crippen LogP contribution in [0.25, 0.3) is 11.8 Å². The van der Waals surface area contributed by atoms with Gasteiger partial charge in [0.15, 0.2) is 5.11 Å². The number of carbonyl (C=O) groups is 3. The van der Waals surface area contributed by atoms with Crippen molar-refractivity contribution in [2.24, 2.45) is 0 Å². The Balaban J connectivity index is 1.72. The Labute approximate surface area is 206 Å². The van der Waals surface area contributed by atoms with Gasteiger partial charge in [-0.1, -0.05) is 17.7 Å². The average Bonchev–Trinajstić information content (AvgIpc) is 3.08. The van der Waals surface area contributed by atoms with Crippen molar-refractivity contribution in [3.05, 3.63) is 87.7 Å². The number of ether oxygens (including phenoxy) is 1. The quantitative estimate of drug-likeness (QED) is 0.253. The molecule has 0 spiro atoms. The Bertz CT molecular complexity index is 1380. The van der Waals surface area contributed by atoms with Crippen molar-refractivity contribution in [2.75, 3.05) is 12.0 Å². The fourth-order valence-corrected chi connectivity index (χ4v) is 4.32. The highest BCUT2D eigenvalue weighted by atomic mass is 35.5. The standard InChI is InChI=1S/C25H20ClN3O4S/c1-14-11-17(15(2)28(14)19-9-7-16(8-10-19)24(32)33-3)12-21-22(30)27-25(34)29(23(21)31)20-6-4-5-18(26)13-20/h4-13H,1-3H3,(H,27,30,34)/b21-12+. The summed E-state index contributed by atoms with van der Waals surface area (Å²) in [7, 11) is 1.33. The molecule has 1 aliphatic heterocycles. The molecule has 2 amide bonds. The van der Waals surface area contributed by atoms with Gasteiger partial charge in [0.05, 0.1) is 18.4 Å². The summed E-state index contributed by atoms with van der Waals surface area (Å²) >= 11 is 11.3. The monoisotopic (exact) mass is 493 g/mol. The topological polar surface area (TPSA) is 80.6 Å². The number of carbonyl (C=O) groups excluding carboxylic acids is 3. The number of halogens is 1. The molecule has 9 heteroatoms. The highest BCUT2D eigenvalue weighted by Crippen LogP contribution is 2.27. The van der Waals surface area contributed by atoms with Crippen LogP contribution in [0.3, 0.4) is 0 Å². The molecule has 7 nitrogen and oxygen atoms in total. The van der Waals surface area contributed by atoms with Crippen molar-refractivity contribution in [1.29, 1.82) is 0 Å². The number of nitrogens with one attached hydrogen (secondary N) is 1. The smallest absolute Gasteiger partial charge is 0.337 e. The lowest BCUT2D eigenvalue weighted by molar-refractivity contribution is -0.122. The highest BCUT2D eigenvalue weighted by Gasteiger charge is 2.34. The van der Waals surface area contributed by atoms with Crippen LogP contribution in [0, 0.1) is 13.8 Å². The first-order valence-electron chi connectivity index (χ1n) is 10.3. The number of anilines is 1. The van der Waals surface area contributed by atoms with E-state index in [0.29, 0.717) is 21.8 Å². The molecule has 0 saturated carbocycles. The van der Waals surface area contributed by atoms with E-state index in [1.807, 2.05) is 24.5 Å². The summed E-state index contributed by atoms with van der Waals surface area (Å²) in [6.07, 6.45) is 1.55. The van der Waals surface area contributed by atoms with E-state index >= 15 is 0 Å². The molecule has 0 aliphatic carbocycles. The number of rotatable bonds is 4. The van der Waals surface area contributed by atoms with Crippen molar-refractivity contribution in [3.63, 3.8) is 0 Å². The van der Waals surface area contributed by atoms with Crippen LogP contribution >= 0.6 is 23.8 Å². The van der Waals surface area contributed by atoms with Gasteiger partial charge in [-0.25, -0.2) is 4.79 Å². The lowest BCUT2D eigenvalue weighted by Gasteiger charge is -2.29. The third kappa shape index (κ3) is 4.25. The molecule has 34 heavy (non-hydrogen) atoms. The Morgan fingerprint density at radius 2 is 1.76 bits per heavy atom. The zero-order valence-electron chi connectivity index (χ0n) is 18.6. The van der Waals surface area contributed by atoms with E-state index in [2.05, 4.69) is 5.32 Å². The molecule has 172 valence electrons. The van der Waals surface area contributed by atoms with Gasteiger partial charge >= 0.3 is 5.97 Å². The molecular weight excluding hydrogens is 474 g/mol. The van der Waals surface area contributed by atoms with E-state index in [0.717, 1.165) is 17.1 Å². The predicted molar refractivity (Wildman–Crippen MR) is 134 cm³/mol. The number of aryl methyl sites for hydroxylation is 1. The van der Waals surface area contributed by atoms with Crippen LogP contribution in [0.2, 0.25) is 5.02 Å². The third-order valence-corrected chi connectivity index (χ3v) is 6.00. The van der Waals surface area contributed by atoms with Gasteiger partial charge in [-0.2, -0.15) is 0 Å². The van der Waals surface area contributed by atoms with Gasteiger partial charge in [-0.3, -0.25) is 19.8 Å². The van der Waals surface area contributed by atoms with E-state index in [1.54, 1.807) is 54.6 Å². The molecule has 1 N–H and O–H groups in total. The van der Waals surface area contributed by atoms with Gasteiger partial charge in [0.1, 0.15) is 5.57 Å². The van der Waals surface area contributed by atoms with Crippen LogP contribution < -0.4 is 10.2 Å². The van der Waals surface area contributed by atoms with Crippen molar-refractivity contribution in [3.8, 4) is 5.69 Å². The molecule has 0 radical (unpaired) electrons. The normalized spacial score (nSPS) is 15.0. The molecule has 1 aliphatic rings. The molecule has 3 aromatic rings. The minimum atomic E-state index is -0.569. The number of benzene rings is 2. The molecule has 1 saturated heterocycles. The number of aromatic nitrogens is 1. The molecule has 2 aromatic carbocycles. The maximum absolute atomic E-state index is 13.3. The summed E-state index contributed by atoms with van der Waals surface area (Å²) in [5.41, 5.74) is 4.09. The van der Waals surface area contributed by atoms with Crippen molar-refractivity contribution in [2.45, 2.75) is 13.8 Å². The first-order chi connectivity index (χ1) is 16.2. The van der Waals surface area contributed by atoms with Gasteiger partial charge in [0.2, 0.25) is 0 Å². The number of amides is 2. The van der Waals surface area contributed by atoms with E-state index in [-0.39, 0.29) is 10.7 Å². The van der Waals surface area contributed by atoms with Crippen LogP contribution in [0.1, 0.15) is 27.3 Å². The second kappa shape index (κ2) is 9.24. The molecule has 4 rings (SSSR count). The summed E-state index contributed by atoms with van der Waals surface area (Å²) in [5, 5.41) is 3.01. The van der Waals surface area contributed by atoms with Crippen LogP contribution in [-0.4, -0.2) is 34.6 Å². The largest absolute Gasteiger partial charge is 0.465 e.